The molecule has 0 spiro atoms. The van der Waals surface area contributed by atoms with Crippen molar-refractivity contribution in [2.75, 3.05) is 0 Å². The summed E-state index contributed by atoms with van der Waals surface area (Å²) in [7, 11) is 0. The summed E-state index contributed by atoms with van der Waals surface area (Å²) in [4.78, 5) is 0. The van der Waals surface area contributed by atoms with Gasteiger partial charge in [0, 0.05) is 47.3 Å². The number of aromatic nitrogens is 2. The van der Waals surface area contributed by atoms with Gasteiger partial charge >= 0.3 is 0 Å². The topological polar surface area (TPSA) is 9.86 Å². The van der Waals surface area contributed by atoms with E-state index in [1.165, 1.54) is 17.0 Å². The molecule has 4 aromatic carbocycles. The first kappa shape index (κ1) is 31.7. The van der Waals surface area contributed by atoms with Crippen molar-refractivity contribution in [2.45, 2.75) is 13.8 Å². The zero-order chi connectivity index (χ0) is 31.4. The van der Waals surface area contributed by atoms with Gasteiger partial charge in [0.25, 0.3) is 0 Å². The predicted molar refractivity (Wildman–Crippen MR) is 198 cm³/mol. The van der Waals surface area contributed by atoms with Crippen LogP contribution in [0, 0.1) is 6.92 Å². The lowest BCUT2D eigenvalue weighted by Crippen LogP contribution is -1.98. The second-order valence-electron chi connectivity index (χ2n) is 10.2. The van der Waals surface area contributed by atoms with Crippen LogP contribution in [0.15, 0.2) is 136 Å². The van der Waals surface area contributed by atoms with Crippen molar-refractivity contribution in [1.29, 1.82) is 0 Å². The lowest BCUT2D eigenvalue weighted by Gasteiger charge is -2.12. The fourth-order valence-electron chi connectivity index (χ4n) is 5.38. The Morgan fingerprint density at radius 3 is 2.09 bits per heavy atom. The quantitative estimate of drug-likeness (QED) is 0.149. The van der Waals surface area contributed by atoms with Crippen LogP contribution in [0.1, 0.15) is 29.3 Å². The first-order valence-corrected chi connectivity index (χ1v) is 16.3. The third kappa shape index (κ3) is 6.53. The summed E-state index contributed by atoms with van der Waals surface area (Å²) < 4.78 is 20.5. The number of fused-ring (bicyclic) bond motifs is 2. The third-order valence-electron chi connectivity index (χ3n) is 7.31. The highest BCUT2D eigenvalue weighted by atomic mass is 79.9. The predicted octanol–water partition coefficient (Wildman–Crippen LogP) is 13.0. The lowest BCUT2D eigenvalue weighted by atomic mass is 10.0. The van der Waals surface area contributed by atoms with Gasteiger partial charge in [0.1, 0.15) is 0 Å². The average molecular weight is 773 g/mol. The van der Waals surface area contributed by atoms with Crippen LogP contribution in [0.25, 0.3) is 50.9 Å². The highest BCUT2D eigenvalue weighted by Crippen LogP contribution is 2.35. The molecule has 0 radical (unpaired) electrons. The molecule has 0 bridgehead atoms. The van der Waals surface area contributed by atoms with Gasteiger partial charge in [0.15, 0.2) is 0 Å². The van der Waals surface area contributed by atoms with Crippen LogP contribution in [0.5, 0.6) is 0 Å². The molecule has 6 rings (SSSR count). The molecule has 0 amide bonds. The molecule has 6 heteroatoms. The van der Waals surface area contributed by atoms with E-state index in [0.29, 0.717) is 11.9 Å². The van der Waals surface area contributed by atoms with Gasteiger partial charge in [-0.1, -0.05) is 103 Å². The van der Waals surface area contributed by atoms with Gasteiger partial charge in [-0.3, -0.25) is 0 Å². The second kappa shape index (κ2) is 13.9. The van der Waals surface area contributed by atoms with E-state index in [-0.39, 0.29) is 0 Å². The highest BCUT2D eigenvalue weighted by Gasteiger charge is 2.17. The molecule has 0 aliphatic carbocycles. The minimum Gasteiger partial charge on any atom is -0.316 e. The van der Waals surface area contributed by atoms with Crippen LogP contribution in [0.3, 0.4) is 0 Å². The summed E-state index contributed by atoms with van der Waals surface area (Å²) in [5, 5.41) is 2.29. The Hall–Kier alpha value is -3.71. The molecule has 2 aromatic heterocycles. The summed E-state index contributed by atoms with van der Waals surface area (Å²) in [6.07, 6.45) is 10.1. The molecular weight excluding hydrogens is 743 g/mol. The molecule has 2 heterocycles. The molecule has 0 saturated carbocycles. The van der Waals surface area contributed by atoms with Gasteiger partial charge in [-0.25, -0.2) is 4.39 Å². The zero-order valence-corrected chi connectivity index (χ0v) is 29.1. The Morgan fingerprint density at radius 1 is 0.795 bits per heavy atom. The standard InChI is InChI=1S/C32H27FN2.C6H3Br3/c1-5-10-28-29-19-24(22(3)17-18-33)13-16-31(29)35(30(28)6-2)26-14-15-27-23(4)21-34(32(27)20-26)25-11-8-7-9-12-25;7-4-1-5(8)3-6(9)2-4/h5-21H,2-3H2,1,4H3;1-3H/b10-5-,18-17+;. The molecule has 2 nitrogen and oxygen atoms in total. The number of rotatable bonds is 6. The molecule has 44 heavy (non-hydrogen) atoms. The van der Waals surface area contributed by atoms with E-state index in [9.17, 15) is 4.39 Å². The van der Waals surface area contributed by atoms with Crippen LogP contribution in [0.4, 0.5) is 4.39 Å². The van der Waals surface area contributed by atoms with Crippen molar-refractivity contribution in [3.8, 4) is 11.4 Å². The van der Waals surface area contributed by atoms with Crippen LogP contribution in [-0.4, -0.2) is 9.13 Å². The number of para-hydroxylation sites is 1. The van der Waals surface area contributed by atoms with Crippen molar-refractivity contribution in [3.63, 3.8) is 0 Å². The normalized spacial score (nSPS) is 11.4. The zero-order valence-electron chi connectivity index (χ0n) is 24.4. The number of allylic oxidation sites excluding steroid dienone is 3. The summed E-state index contributed by atoms with van der Waals surface area (Å²) in [6, 6.07) is 29.1. The maximum atomic E-state index is 12.8. The van der Waals surface area contributed by atoms with Crippen molar-refractivity contribution >= 4 is 87.3 Å². The Labute approximate surface area is 282 Å². The number of nitrogens with zero attached hydrogens (tertiary/aromatic N) is 2. The number of hydrogen-bond acceptors (Lipinski definition) is 0. The smallest absolute Gasteiger partial charge is 0.0872 e. The lowest BCUT2D eigenvalue weighted by molar-refractivity contribution is 0.722. The second-order valence-corrected chi connectivity index (χ2v) is 12.9. The van der Waals surface area contributed by atoms with Crippen LogP contribution in [-0.2, 0) is 0 Å². The Morgan fingerprint density at radius 2 is 1.48 bits per heavy atom. The molecule has 220 valence electrons. The molecule has 0 aliphatic rings. The molecule has 6 aromatic rings. The molecule has 0 N–H and O–H groups in total. The summed E-state index contributed by atoms with van der Waals surface area (Å²) in [5.74, 6) is 0. The minimum atomic E-state index is 0.527. The van der Waals surface area contributed by atoms with Gasteiger partial charge in [-0.15, -0.1) is 0 Å². The van der Waals surface area contributed by atoms with Gasteiger partial charge in [0.05, 0.1) is 23.1 Å². The van der Waals surface area contributed by atoms with Crippen LogP contribution in [0.2, 0.25) is 0 Å². The van der Waals surface area contributed by atoms with Gasteiger partial charge in [-0.2, -0.15) is 0 Å². The Balaban J connectivity index is 0.000000367. The fourth-order valence-corrected chi connectivity index (χ4v) is 7.78. The van der Waals surface area contributed by atoms with E-state index in [4.69, 9.17) is 0 Å². The van der Waals surface area contributed by atoms with E-state index < -0.39 is 0 Å². The number of aryl methyl sites for hydroxylation is 1. The largest absolute Gasteiger partial charge is 0.316 e. The van der Waals surface area contributed by atoms with Gasteiger partial charge in [0.2, 0.25) is 0 Å². The first-order chi connectivity index (χ1) is 21.2. The van der Waals surface area contributed by atoms with E-state index >= 15 is 0 Å². The van der Waals surface area contributed by atoms with E-state index in [1.807, 2.05) is 49.4 Å². The maximum absolute atomic E-state index is 12.8. The number of benzene rings is 4. The van der Waals surface area contributed by atoms with E-state index in [0.717, 1.165) is 58.0 Å². The van der Waals surface area contributed by atoms with Crippen molar-refractivity contribution in [3.05, 3.63) is 159 Å². The number of halogens is 4. The van der Waals surface area contributed by atoms with E-state index in [2.05, 4.69) is 144 Å². The summed E-state index contributed by atoms with van der Waals surface area (Å²) in [6.45, 7) is 12.3. The van der Waals surface area contributed by atoms with Gasteiger partial charge < -0.3 is 9.13 Å². The summed E-state index contributed by atoms with van der Waals surface area (Å²) >= 11 is 10.1. The van der Waals surface area contributed by atoms with Crippen molar-refractivity contribution < 1.29 is 4.39 Å². The molecule has 0 fully saturated rings. The molecule has 0 atom stereocenters. The van der Waals surface area contributed by atoms with Crippen LogP contribution >= 0.6 is 47.8 Å². The molecule has 0 saturated heterocycles. The average Bonchev–Trinajstić information content (AvgIpc) is 3.50. The SMILES string of the molecule is Brc1cc(Br)cc(Br)c1.C=Cc1c(/C=C\C)c2cc(C(=C)/C=C/F)ccc2n1-c1ccc2c(C)cn(-c3ccccc3)c2c1. The molecular formula is C38H30Br3FN2. The molecule has 0 unspecified atom stereocenters. The maximum Gasteiger partial charge on any atom is 0.0872 e. The first-order valence-electron chi connectivity index (χ1n) is 13.9. The van der Waals surface area contributed by atoms with Gasteiger partial charge in [-0.05, 0) is 97.3 Å². The van der Waals surface area contributed by atoms with Crippen molar-refractivity contribution in [2.24, 2.45) is 0 Å². The van der Waals surface area contributed by atoms with Crippen LogP contribution < -0.4 is 0 Å². The highest BCUT2D eigenvalue weighted by molar-refractivity contribution is 9.11. The Bertz CT molecular complexity index is 2010. The van der Waals surface area contributed by atoms with Crippen molar-refractivity contribution in [1.82, 2.24) is 9.13 Å². The molecule has 0 aliphatic heterocycles. The monoisotopic (exact) mass is 770 g/mol. The fraction of sp³-hybridized carbons (Fsp3) is 0.0526. The number of hydrogen-bond donors (Lipinski definition) is 0. The minimum absolute atomic E-state index is 0.527. The third-order valence-corrected chi connectivity index (χ3v) is 8.69. The summed E-state index contributed by atoms with van der Waals surface area (Å²) in [5.41, 5.74) is 9.22. The Kier molecular flexibility index (Phi) is 10.0. The van der Waals surface area contributed by atoms with E-state index in [1.54, 1.807) is 0 Å².